The second kappa shape index (κ2) is 10.5. The van der Waals surface area contributed by atoms with Crippen LogP contribution in [-0.2, 0) is 0 Å². The minimum atomic E-state index is 0.901. The van der Waals surface area contributed by atoms with Crippen LogP contribution in [0, 0.1) is 0 Å². The summed E-state index contributed by atoms with van der Waals surface area (Å²) in [4.78, 5) is 16.3. The van der Waals surface area contributed by atoms with Crippen molar-refractivity contribution in [2.24, 2.45) is 0 Å². The third-order valence-corrected chi connectivity index (χ3v) is 9.65. The van der Waals surface area contributed by atoms with Gasteiger partial charge in [-0.2, -0.15) is 0 Å². The summed E-state index contributed by atoms with van der Waals surface area (Å²) in [6.07, 6.45) is 1.88. The summed E-state index contributed by atoms with van der Waals surface area (Å²) < 4.78 is 1.19. The lowest BCUT2D eigenvalue weighted by atomic mass is 9.93. The Bertz CT molecular complexity index is 2540. The summed E-state index contributed by atoms with van der Waals surface area (Å²) in [5.74, 6) is 0. The molecule has 210 valence electrons. The topological polar surface area (TPSA) is 38.7 Å². The molecule has 0 saturated heterocycles. The second-order valence-corrected chi connectivity index (χ2v) is 12.2. The van der Waals surface area contributed by atoms with E-state index in [2.05, 4.69) is 127 Å². The van der Waals surface area contributed by atoms with Gasteiger partial charge in [0.15, 0.2) is 0 Å². The molecule has 0 amide bonds. The first-order chi connectivity index (χ1) is 22.3. The molecule has 3 heterocycles. The molecule has 0 bridgehead atoms. The molecule has 0 aliphatic rings. The highest BCUT2D eigenvalue weighted by atomic mass is 32.1. The summed E-state index contributed by atoms with van der Waals surface area (Å²) >= 11 is 1.72. The number of thiophene rings is 1. The lowest BCUT2D eigenvalue weighted by Crippen LogP contribution is -1.93. The molecule has 0 N–H and O–H groups in total. The van der Waals surface area contributed by atoms with Crippen LogP contribution in [0.2, 0.25) is 0 Å². The number of rotatable bonds is 4. The van der Waals surface area contributed by atoms with Crippen LogP contribution in [0.3, 0.4) is 0 Å². The molecular weight excluding hydrogens is 567 g/mol. The van der Waals surface area contributed by atoms with E-state index in [0.717, 1.165) is 49.2 Å². The van der Waals surface area contributed by atoms with Crippen LogP contribution in [0.5, 0.6) is 0 Å². The number of aromatic nitrogens is 3. The van der Waals surface area contributed by atoms with E-state index in [9.17, 15) is 0 Å². The molecule has 0 spiro atoms. The normalized spacial score (nSPS) is 11.6. The molecule has 0 aliphatic heterocycles. The summed E-state index contributed by atoms with van der Waals surface area (Å²) in [5.41, 5.74) is 10.6. The van der Waals surface area contributed by atoms with Crippen molar-refractivity contribution in [1.82, 2.24) is 15.0 Å². The monoisotopic (exact) mass is 591 g/mol. The van der Waals surface area contributed by atoms with E-state index in [4.69, 9.17) is 15.0 Å². The summed E-state index contributed by atoms with van der Waals surface area (Å²) in [5, 5.41) is 4.65. The van der Waals surface area contributed by atoms with E-state index in [1.54, 1.807) is 11.3 Å². The number of benzene rings is 6. The van der Waals surface area contributed by atoms with E-state index in [1.165, 1.54) is 37.7 Å². The van der Waals surface area contributed by atoms with Gasteiger partial charge in [0.05, 0.1) is 16.9 Å². The average molecular weight is 592 g/mol. The van der Waals surface area contributed by atoms with Gasteiger partial charge in [0.2, 0.25) is 0 Å². The minimum Gasteiger partial charge on any atom is -0.256 e. The maximum atomic E-state index is 5.31. The van der Waals surface area contributed by atoms with Crippen molar-refractivity contribution >= 4 is 53.4 Å². The van der Waals surface area contributed by atoms with Gasteiger partial charge in [0.25, 0.3) is 0 Å². The first kappa shape index (κ1) is 25.8. The highest BCUT2D eigenvalue weighted by Crippen LogP contribution is 2.42. The molecular formula is C41H25N3S. The van der Waals surface area contributed by atoms with Crippen LogP contribution in [0.4, 0.5) is 0 Å². The predicted octanol–water partition coefficient (Wildman–Crippen LogP) is 11.2. The summed E-state index contributed by atoms with van der Waals surface area (Å²) in [6, 6.07) is 51.1. The van der Waals surface area contributed by atoms with Crippen LogP contribution in [0.1, 0.15) is 0 Å². The fourth-order valence-electron chi connectivity index (χ4n) is 6.43. The lowest BCUT2D eigenvalue weighted by Gasteiger charge is -2.11. The van der Waals surface area contributed by atoms with Gasteiger partial charge >= 0.3 is 0 Å². The molecule has 0 saturated carbocycles. The Morgan fingerprint density at radius 1 is 0.444 bits per heavy atom. The van der Waals surface area contributed by atoms with E-state index in [0.29, 0.717) is 0 Å². The van der Waals surface area contributed by atoms with Gasteiger partial charge in [-0.15, -0.1) is 11.3 Å². The zero-order valence-electron chi connectivity index (χ0n) is 24.2. The fourth-order valence-corrected chi connectivity index (χ4v) is 7.58. The molecule has 0 aliphatic carbocycles. The van der Waals surface area contributed by atoms with E-state index >= 15 is 0 Å². The van der Waals surface area contributed by atoms with Gasteiger partial charge in [0, 0.05) is 38.2 Å². The quantitative estimate of drug-likeness (QED) is 0.191. The van der Waals surface area contributed by atoms with Crippen LogP contribution in [0.15, 0.2) is 152 Å². The molecule has 0 radical (unpaired) electrons. The van der Waals surface area contributed by atoms with E-state index < -0.39 is 0 Å². The van der Waals surface area contributed by atoms with Gasteiger partial charge in [0.1, 0.15) is 10.3 Å². The molecule has 3 nitrogen and oxygen atoms in total. The second-order valence-electron chi connectivity index (χ2n) is 11.2. The zero-order valence-corrected chi connectivity index (χ0v) is 25.0. The van der Waals surface area contributed by atoms with Crippen LogP contribution < -0.4 is 0 Å². The predicted molar refractivity (Wildman–Crippen MR) is 189 cm³/mol. The molecule has 6 aromatic carbocycles. The number of nitrogens with zero attached hydrogens (tertiary/aromatic N) is 3. The minimum absolute atomic E-state index is 0.901. The SMILES string of the molecule is c1ccc(-c2nc3sc4c(-c5cccc(-c6cccc7ccc8cccnc8c67)c5)cccc4c3nc2-c2ccccc2)cc1. The van der Waals surface area contributed by atoms with Crippen molar-refractivity contribution < 1.29 is 0 Å². The fraction of sp³-hybridized carbons (Fsp3) is 0. The van der Waals surface area contributed by atoms with Gasteiger partial charge in [-0.1, -0.05) is 133 Å². The first-order valence-corrected chi connectivity index (χ1v) is 15.8. The molecule has 0 fully saturated rings. The maximum Gasteiger partial charge on any atom is 0.143 e. The third-order valence-electron chi connectivity index (χ3n) is 8.53. The van der Waals surface area contributed by atoms with Gasteiger partial charge < -0.3 is 0 Å². The number of hydrogen-bond donors (Lipinski definition) is 0. The molecule has 0 atom stereocenters. The molecule has 9 rings (SSSR count). The average Bonchev–Trinajstić information content (AvgIpc) is 3.49. The summed E-state index contributed by atoms with van der Waals surface area (Å²) in [6.45, 7) is 0. The van der Waals surface area contributed by atoms with Crippen molar-refractivity contribution in [3.63, 3.8) is 0 Å². The largest absolute Gasteiger partial charge is 0.256 e. The summed E-state index contributed by atoms with van der Waals surface area (Å²) in [7, 11) is 0. The van der Waals surface area contributed by atoms with Gasteiger partial charge in [-0.05, 0) is 39.8 Å². The van der Waals surface area contributed by atoms with Crippen molar-refractivity contribution in [3.05, 3.63) is 152 Å². The van der Waals surface area contributed by atoms with E-state index in [-0.39, 0.29) is 0 Å². The Labute approximate surface area is 264 Å². The smallest absolute Gasteiger partial charge is 0.143 e. The van der Waals surface area contributed by atoms with Crippen LogP contribution in [-0.4, -0.2) is 15.0 Å². The Morgan fingerprint density at radius 3 is 1.87 bits per heavy atom. The Kier molecular flexibility index (Phi) is 6.00. The van der Waals surface area contributed by atoms with Crippen molar-refractivity contribution in [3.8, 4) is 44.8 Å². The van der Waals surface area contributed by atoms with Gasteiger partial charge in [-0.25, -0.2) is 9.97 Å². The maximum absolute atomic E-state index is 5.31. The molecule has 45 heavy (non-hydrogen) atoms. The Balaban J connectivity index is 1.25. The third kappa shape index (κ3) is 4.30. The Hall–Kier alpha value is -5.71. The lowest BCUT2D eigenvalue weighted by molar-refractivity contribution is 1.32. The highest BCUT2D eigenvalue weighted by Gasteiger charge is 2.19. The van der Waals surface area contributed by atoms with Crippen molar-refractivity contribution in [2.45, 2.75) is 0 Å². The molecule has 9 aromatic rings. The highest BCUT2D eigenvalue weighted by molar-refractivity contribution is 7.25. The number of pyridine rings is 1. The van der Waals surface area contributed by atoms with Crippen molar-refractivity contribution in [2.75, 3.05) is 0 Å². The molecule has 0 unspecified atom stereocenters. The molecule has 3 aromatic heterocycles. The number of hydrogen-bond acceptors (Lipinski definition) is 4. The first-order valence-electron chi connectivity index (χ1n) is 15.0. The van der Waals surface area contributed by atoms with Crippen LogP contribution in [0.25, 0.3) is 86.9 Å². The van der Waals surface area contributed by atoms with Crippen LogP contribution >= 0.6 is 11.3 Å². The standard InChI is InChI=1S/C41H25N3S/c1-3-11-27(12-4-1)37-38(28-13-5-2-6-14-28)44-41-39(43-37)34-21-9-20-33(40(34)45-41)31-17-7-16-30(25-31)32-19-8-15-26-22-23-29-18-10-24-42-36(29)35(26)32/h1-25H. The molecule has 4 heteroatoms. The van der Waals surface area contributed by atoms with Gasteiger partial charge in [-0.3, -0.25) is 4.98 Å². The Morgan fingerprint density at radius 2 is 1.07 bits per heavy atom. The van der Waals surface area contributed by atoms with E-state index in [1.807, 2.05) is 24.4 Å². The zero-order chi connectivity index (χ0) is 29.7. The van der Waals surface area contributed by atoms with Crippen molar-refractivity contribution in [1.29, 1.82) is 0 Å². The number of fused-ring (bicyclic) bond motifs is 6.